The van der Waals surface area contributed by atoms with Gasteiger partial charge in [-0.25, -0.2) is 0 Å². The Bertz CT molecular complexity index is 1110. The lowest BCUT2D eigenvalue weighted by Crippen LogP contribution is -2.25. The van der Waals surface area contributed by atoms with E-state index in [-0.39, 0.29) is 18.3 Å². The van der Waals surface area contributed by atoms with E-state index in [4.69, 9.17) is 4.74 Å². The molecule has 3 aromatic rings. The van der Waals surface area contributed by atoms with Gasteiger partial charge in [-0.1, -0.05) is 17.8 Å². The van der Waals surface area contributed by atoms with E-state index in [1.165, 1.54) is 17.3 Å². The molecule has 0 saturated heterocycles. The molecule has 2 aromatic carbocycles. The standard InChI is InChI=1S/C20H19N5O3S/c1-11-4-6-15(8-12(11)2)25-20(22-23-24-25)29-13(3)19(27)14-5-7-17-16(9-14)21-18(26)10-28-17/h4-9,13H,10H2,1-3H3,(H,21,26). The van der Waals surface area contributed by atoms with Crippen molar-refractivity contribution in [1.82, 2.24) is 20.2 Å². The first-order chi connectivity index (χ1) is 13.9. The predicted octanol–water partition coefficient (Wildman–Crippen LogP) is 2.97. The fourth-order valence-electron chi connectivity index (χ4n) is 2.95. The SMILES string of the molecule is Cc1ccc(-n2nnnc2SC(C)C(=O)c2ccc3c(c2)NC(=O)CO3)cc1C. The van der Waals surface area contributed by atoms with Gasteiger partial charge in [0, 0.05) is 5.56 Å². The maximum atomic E-state index is 12.9. The molecule has 1 N–H and O–H groups in total. The van der Waals surface area contributed by atoms with Gasteiger partial charge in [0.2, 0.25) is 5.16 Å². The molecule has 0 radical (unpaired) electrons. The normalized spacial score (nSPS) is 14.0. The number of carbonyl (C=O) groups is 2. The minimum Gasteiger partial charge on any atom is -0.482 e. The van der Waals surface area contributed by atoms with Gasteiger partial charge < -0.3 is 10.1 Å². The number of carbonyl (C=O) groups excluding carboxylic acids is 2. The van der Waals surface area contributed by atoms with Crippen LogP contribution in [0.3, 0.4) is 0 Å². The Labute approximate surface area is 171 Å². The van der Waals surface area contributed by atoms with Crippen molar-refractivity contribution in [3.05, 3.63) is 53.1 Å². The third-order valence-electron chi connectivity index (χ3n) is 4.72. The summed E-state index contributed by atoms with van der Waals surface area (Å²) in [4.78, 5) is 24.5. The van der Waals surface area contributed by atoms with E-state index < -0.39 is 5.25 Å². The number of amides is 1. The molecule has 0 spiro atoms. The summed E-state index contributed by atoms with van der Waals surface area (Å²) in [6.45, 7) is 5.86. The highest BCUT2D eigenvalue weighted by Crippen LogP contribution is 2.31. The minimum absolute atomic E-state index is 0.0201. The zero-order valence-corrected chi connectivity index (χ0v) is 17.0. The number of fused-ring (bicyclic) bond motifs is 1. The van der Waals surface area contributed by atoms with Gasteiger partial charge in [-0.05, 0) is 72.7 Å². The summed E-state index contributed by atoms with van der Waals surface area (Å²) >= 11 is 1.28. The van der Waals surface area contributed by atoms with Crippen molar-refractivity contribution in [2.24, 2.45) is 0 Å². The van der Waals surface area contributed by atoms with Crippen LogP contribution >= 0.6 is 11.8 Å². The van der Waals surface area contributed by atoms with Crippen LogP contribution in [0.5, 0.6) is 5.75 Å². The van der Waals surface area contributed by atoms with Crippen molar-refractivity contribution in [1.29, 1.82) is 0 Å². The van der Waals surface area contributed by atoms with Crippen molar-refractivity contribution in [3.63, 3.8) is 0 Å². The molecule has 1 amide bonds. The quantitative estimate of drug-likeness (QED) is 0.511. The number of aryl methyl sites for hydroxylation is 2. The van der Waals surface area contributed by atoms with E-state index in [2.05, 4.69) is 20.8 Å². The summed E-state index contributed by atoms with van der Waals surface area (Å²) in [5, 5.41) is 14.7. The number of aromatic nitrogens is 4. The molecule has 4 rings (SSSR count). The number of hydrogen-bond donors (Lipinski definition) is 1. The van der Waals surface area contributed by atoms with Crippen molar-refractivity contribution in [2.75, 3.05) is 11.9 Å². The third kappa shape index (κ3) is 3.86. The monoisotopic (exact) mass is 409 g/mol. The van der Waals surface area contributed by atoms with Gasteiger partial charge in [-0.3, -0.25) is 9.59 Å². The van der Waals surface area contributed by atoms with Crippen molar-refractivity contribution in [3.8, 4) is 11.4 Å². The number of thioether (sulfide) groups is 1. The van der Waals surface area contributed by atoms with Crippen LogP contribution in [-0.2, 0) is 4.79 Å². The van der Waals surface area contributed by atoms with Crippen LogP contribution in [0.4, 0.5) is 5.69 Å². The van der Waals surface area contributed by atoms with Gasteiger partial charge in [0.1, 0.15) is 5.75 Å². The largest absolute Gasteiger partial charge is 0.482 e. The number of Topliss-reactive ketones (excluding diaryl/α,β-unsaturated/α-hetero) is 1. The summed E-state index contributed by atoms with van der Waals surface area (Å²) in [5.41, 5.74) is 4.15. The Balaban J connectivity index is 1.54. The van der Waals surface area contributed by atoms with Crippen LogP contribution < -0.4 is 10.1 Å². The molecular formula is C20H19N5O3S. The second-order valence-electron chi connectivity index (χ2n) is 6.81. The van der Waals surface area contributed by atoms with E-state index in [1.807, 2.05) is 32.0 Å². The maximum absolute atomic E-state index is 12.9. The number of nitrogens with one attached hydrogen (secondary N) is 1. The zero-order chi connectivity index (χ0) is 20.5. The molecule has 0 bridgehead atoms. The number of hydrogen-bond acceptors (Lipinski definition) is 7. The van der Waals surface area contributed by atoms with Crippen LogP contribution in [0.15, 0.2) is 41.6 Å². The molecule has 1 aliphatic rings. The molecular weight excluding hydrogens is 390 g/mol. The van der Waals surface area contributed by atoms with E-state index in [0.29, 0.717) is 22.2 Å². The van der Waals surface area contributed by atoms with E-state index >= 15 is 0 Å². The van der Waals surface area contributed by atoms with Gasteiger partial charge in [-0.15, -0.1) is 5.10 Å². The first-order valence-electron chi connectivity index (χ1n) is 9.06. The Morgan fingerprint density at radius 2 is 2.03 bits per heavy atom. The second-order valence-corrected chi connectivity index (χ2v) is 8.12. The molecule has 1 aromatic heterocycles. The topological polar surface area (TPSA) is 99.0 Å². The Kier molecular flexibility index (Phi) is 5.06. The number of rotatable bonds is 5. The smallest absolute Gasteiger partial charge is 0.262 e. The first-order valence-corrected chi connectivity index (χ1v) is 9.94. The van der Waals surface area contributed by atoms with Crippen molar-refractivity contribution >= 4 is 29.1 Å². The Morgan fingerprint density at radius 3 is 2.83 bits per heavy atom. The highest BCUT2D eigenvalue weighted by Gasteiger charge is 2.23. The second kappa shape index (κ2) is 7.67. The first kappa shape index (κ1) is 19.1. The van der Waals surface area contributed by atoms with Crippen molar-refractivity contribution < 1.29 is 14.3 Å². The van der Waals surface area contributed by atoms with Crippen molar-refractivity contribution in [2.45, 2.75) is 31.2 Å². The molecule has 9 heteroatoms. The lowest BCUT2D eigenvalue weighted by molar-refractivity contribution is -0.118. The number of anilines is 1. The van der Waals surface area contributed by atoms with E-state index in [1.54, 1.807) is 29.8 Å². The highest BCUT2D eigenvalue weighted by molar-refractivity contribution is 8.00. The molecule has 0 aliphatic carbocycles. The number of tetrazole rings is 1. The predicted molar refractivity (Wildman–Crippen MR) is 109 cm³/mol. The van der Waals surface area contributed by atoms with Gasteiger partial charge in [0.15, 0.2) is 12.4 Å². The lowest BCUT2D eigenvalue weighted by Gasteiger charge is -2.19. The number of ketones is 1. The fourth-order valence-corrected chi connectivity index (χ4v) is 3.84. The number of ether oxygens (including phenoxy) is 1. The molecule has 1 atom stereocenters. The molecule has 2 heterocycles. The van der Waals surface area contributed by atoms with Crippen LogP contribution in [0.1, 0.15) is 28.4 Å². The molecule has 1 unspecified atom stereocenters. The molecule has 1 aliphatic heterocycles. The summed E-state index contributed by atoms with van der Waals surface area (Å²) in [5.74, 6) is 0.226. The van der Waals surface area contributed by atoms with E-state index in [0.717, 1.165) is 11.3 Å². The molecule has 0 saturated carbocycles. The molecule has 29 heavy (non-hydrogen) atoms. The third-order valence-corrected chi connectivity index (χ3v) is 5.76. The molecule has 0 fully saturated rings. The summed E-state index contributed by atoms with van der Waals surface area (Å²) < 4.78 is 6.97. The fraction of sp³-hybridized carbons (Fsp3) is 0.250. The van der Waals surface area contributed by atoms with Gasteiger partial charge in [0.05, 0.1) is 16.6 Å². The van der Waals surface area contributed by atoms with Crippen LogP contribution in [0.25, 0.3) is 5.69 Å². The lowest BCUT2D eigenvalue weighted by atomic mass is 10.1. The molecule has 8 nitrogen and oxygen atoms in total. The van der Waals surface area contributed by atoms with Crippen LogP contribution in [0, 0.1) is 13.8 Å². The minimum atomic E-state index is -0.426. The van der Waals surface area contributed by atoms with Gasteiger partial charge in [-0.2, -0.15) is 4.68 Å². The average Bonchev–Trinajstić information content (AvgIpc) is 3.17. The van der Waals surface area contributed by atoms with E-state index in [9.17, 15) is 9.59 Å². The Morgan fingerprint density at radius 1 is 1.21 bits per heavy atom. The highest BCUT2D eigenvalue weighted by atomic mass is 32.2. The number of nitrogens with zero attached hydrogens (tertiary/aromatic N) is 4. The summed E-state index contributed by atoms with van der Waals surface area (Å²) in [6, 6.07) is 11.0. The number of benzene rings is 2. The molecule has 148 valence electrons. The van der Waals surface area contributed by atoms with Gasteiger partial charge >= 0.3 is 0 Å². The van der Waals surface area contributed by atoms with Crippen LogP contribution in [-0.4, -0.2) is 43.8 Å². The van der Waals surface area contributed by atoms with Gasteiger partial charge in [0.25, 0.3) is 5.91 Å². The summed E-state index contributed by atoms with van der Waals surface area (Å²) in [7, 11) is 0. The average molecular weight is 409 g/mol. The zero-order valence-electron chi connectivity index (χ0n) is 16.2. The maximum Gasteiger partial charge on any atom is 0.262 e. The Hall–Kier alpha value is -3.20. The van der Waals surface area contributed by atoms with Crippen LogP contribution in [0.2, 0.25) is 0 Å². The summed E-state index contributed by atoms with van der Waals surface area (Å²) in [6.07, 6.45) is 0.